The quantitative estimate of drug-likeness (QED) is 0.630. The minimum absolute atomic E-state index is 0.103. The second-order valence-corrected chi connectivity index (χ2v) is 5.38. The van der Waals surface area contributed by atoms with Gasteiger partial charge in [0.1, 0.15) is 5.69 Å². The van der Waals surface area contributed by atoms with Gasteiger partial charge >= 0.3 is 5.69 Å². The van der Waals surface area contributed by atoms with Crippen molar-refractivity contribution >= 4 is 22.2 Å². The summed E-state index contributed by atoms with van der Waals surface area (Å²) in [6.07, 6.45) is 1.60. The number of para-hydroxylation sites is 1. The summed E-state index contributed by atoms with van der Waals surface area (Å²) in [6.45, 7) is 1.82. The van der Waals surface area contributed by atoms with Crippen molar-refractivity contribution < 1.29 is 13.9 Å². The third-order valence-corrected chi connectivity index (χ3v) is 3.26. The highest BCUT2D eigenvalue weighted by atomic mass is 32.2. The van der Waals surface area contributed by atoms with Crippen LogP contribution in [0.1, 0.15) is 6.92 Å². The second-order valence-electron chi connectivity index (χ2n) is 3.90. The number of nitrogens with one attached hydrogen (secondary N) is 1. The molecule has 6 nitrogen and oxygen atoms in total. The third-order valence-electron chi connectivity index (χ3n) is 2.29. The molecule has 0 aliphatic rings. The van der Waals surface area contributed by atoms with Gasteiger partial charge in [-0.1, -0.05) is 6.07 Å². The Kier molecular flexibility index (Phi) is 5.08. The monoisotopic (exact) mass is 272 g/mol. The maximum Gasteiger partial charge on any atom is 0.333 e. The Balaban J connectivity index is 3.01. The molecule has 100 valence electrons. The number of methoxy groups -OCH3 is 1. The summed E-state index contributed by atoms with van der Waals surface area (Å²) in [7, 11) is 0.428. The van der Waals surface area contributed by atoms with E-state index in [0.717, 1.165) is 0 Å². The maximum atomic E-state index is 11.1. The Morgan fingerprint density at radius 3 is 2.72 bits per heavy atom. The average molecular weight is 272 g/mol. The fourth-order valence-corrected chi connectivity index (χ4v) is 2.44. The van der Waals surface area contributed by atoms with Crippen LogP contribution in [-0.2, 0) is 10.8 Å². The minimum Gasteiger partial charge on any atom is -0.490 e. The smallest absolute Gasteiger partial charge is 0.333 e. The molecule has 18 heavy (non-hydrogen) atoms. The van der Waals surface area contributed by atoms with Gasteiger partial charge in [-0.3, -0.25) is 14.3 Å². The van der Waals surface area contributed by atoms with Crippen molar-refractivity contribution in [2.45, 2.75) is 13.0 Å². The number of hydrogen-bond acceptors (Lipinski definition) is 5. The van der Waals surface area contributed by atoms with Gasteiger partial charge in [0.05, 0.1) is 12.0 Å². The predicted octanol–water partition coefficient (Wildman–Crippen LogP) is 1.78. The number of hydrogen-bond donors (Lipinski definition) is 1. The highest BCUT2D eigenvalue weighted by Crippen LogP contribution is 2.34. The lowest BCUT2D eigenvalue weighted by Crippen LogP contribution is -2.22. The van der Waals surface area contributed by atoms with Crippen molar-refractivity contribution in [2.24, 2.45) is 0 Å². The SMILES string of the molecule is COc1cccc(N[C@@H](C)C[S@](C)=O)c1[N+](=O)[O-]. The molecule has 0 amide bonds. The summed E-state index contributed by atoms with van der Waals surface area (Å²) in [5.41, 5.74) is 0.269. The van der Waals surface area contributed by atoms with Crippen LogP contribution in [0.4, 0.5) is 11.4 Å². The fraction of sp³-hybridized carbons (Fsp3) is 0.455. The van der Waals surface area contributed by atoms with Gasteiger partial charge in [-0.2, -0.15) is 0 Å². The van der Waals surface area contributed by atoms with E-state index in [1.54, 1.807) is 18.4 Å². The van der Waals surface area contributed by atoms with Crippen LogP contribution in [0.25, 0.3) is 0 Å². The van der Waals surface area contributed by atoms with Crippen LogP contribution in [0.5, 0.6) is 5.75 Å². The Morgan fingerprint density at radius 1 is 1.56 bits per heavy atom. The van der Waals surface area contributed by atoms with Gasteiger partial charge in [0.15, 0.2) is 5.75 Å². The highest BCUT2D eigenvalue weighted by molar-refractivity contribution is 7.84. The molecule has 1 aromatic carbocycles. The molecule has 0 saturated carbocycles. The Morgan fingerprint density at radius 2 is 2.22 bits per heavy atom. The third kappa shape index (κ3) is 3.69. The van der Waals surface area contributed by atoms with Gasteiger partial charge in [0.2, 0.25) is 0 Å². The lowest BCUT2D eigenvalue weighted by Gasteiger charge is -2.14. The lowest BCUT2D eigenvalue weighted by molar-refractivity contribution is -0.384. The molecule has 0 radical (unpaired) electrons. The topological polar surface area (TPSA) is 81.5 Å². The van der Waals surface area contributed by atoms with Gasteiger partial charge < -0.3 is 10.1 Å². The Labute approximate surface area is 108 Å². The van der Waals surface area contributed by atoms with Crippen LogP contribution >= 0.6 is 0 Å². The van der Waals surface area contributed by atoms with E-state index in [1.165, 1.54) is 13.2 Å². The van der Waals surface area contributed by atoms with Crippen LogP contribution in [-0.4, -0.2) is 34.3 Å². The van der Waals surface area contributed by atoms with E-state index in [0.29, 0.717) is 11.4 Å². The molecule has 0 aliphatic heterocycles. The number of ether oxygens (including phenoxy) is 1. The first-order chi connectivity index (χ1) is 8.45. The summed E-state index contributed by atoms with van der Waals surface area (Å²) in [6, 6.07) is 4.69. The van der Waals surface area contributed by atoms with Gasteiger partial charge in [0.25, 0.3) is 0 Å². The summed E-state index contributed by atoms with van der Waals surface area (Å²) >= 11 is 0. The molecule has 1 aromatic rings. The van der Waals surface area contributed by atoms with Crippen molar-refractivity contribution in [2.75, 3.05) is 24.4 Å². The van der Waals surface area contributed by atoms with E-state index >= 15 is 0 Å². The zero-order chi connectivity index (χ0) is 13.7. The molecule has 0 heterocycles. The summed E-state index contributed by atoms with van der Waals surface area (Å²) in [5, 5.41) is 14.0. The molecule has 1 N–H and O–H groups in total. The number of nitro benzene ring substituents is 1. The molecule has 0 bridgehead atoms. The van der Waals surface area contributed by atoms with E-state index in [4.69, 9.17) is 4.74 Å². The number of benzene rings is 1. The zero-order valence-electron chi connectivity index (χ0n) is 10.5. The Bertz CT molecular complexity index is 464. The fourth-order valence-electron chi connectivity index (χ4n) is 1.65. The van der Waals surface area contributed by atoms with E-state index in [9.17, 15) is 14.3 Å². The van der Waals surface area contributed by atoms with E-state index in [2.05, 4.69) is 5.32 Å². The van der Waals surface area contributed by atoms with Crippen LogP contribution in [0.3, 0.4) is 0 Å². The van der Waals surface area contributed by atoms with Crippen molar-refractivity contribution in [3.8, 4) is 5.75 Å². The molecular weight excluding hydrogens is 256 g/mol. The average Bonchev–Trinajstić information content (AvgIpc) is 2.26. The van der Waals surface area contributed by atoms with Crippen molar-refractivity contribution in [1.82, 2.24) is 0 Å². The molecule has 0 aromatic heterocycles. The van der Waals surface area contributed by atoms with Crippen molar-refractivity contribution in [3.05, 3.63) is 28.3 Å². The standard InChI is InChI=1S/C11H16N2O4S/c1-8(7-18(3)16)12-9-5-4-6-10(17-2)11(9)13(14)15/h4-6,8,12H,7H2,1-3H3/t8-,18-/m0/s1. The number of nitro groups is 1. The van der Waals surface area contributed by atoms with E-state index < -0.39 is 15.7 Å². The Hall–Kier alpha value is -1.63. The molecule has 7 heteroatoms. The summed E-state index contributed by atoms with van der Waals surface area (Å²) in [4.78, 5) is 10.5. The number of rotatable bonds is 6. The van der Waals surface area contributed by atoms with E-state index in [1.807, 2.05) is 6.92 Å². The molecule has 0 aliphatic carbocycles. The maximum absolute atomic E-state index is 11.1. The molecule has 0 saturated heterocycles. The number of anilines is 1. The molecule has 0 unspecified atom stereocenters. The van der Waals surface area contributed by atoms with Gasteiger partial charge in [-0.05, 0) is 19.1 Å². The van der Waals surface area contributed by atoms with Crippen LogP contribution in [0.2, 0.25) is 0 Å². The van der Waals surface area contributed by atoms with E-state index in [-0.39, 0.29) is 17.5 Å². The first-order valence-electron chi connectivity index (χ1n) is 5.33. The predicted molar refractivity (Wildman–Crippen MR) is 71.7 cm³/mol. The molecule has 0 spiro atoms. The van der Waals surface area contributed by atoms with Crippen LogP contribution in [0.15, 0.2) is 18.2 Å². The first-order valence-corrected chi connectivity index (χ1v) is 7.06. The molecule has 0 fully saturated rings. The first kappa shape index (κ1) is 14.4. The summed E-state index contributed by atoms with van der Waals surface area (Å²) < 4.78 is 16.1. The van der Waals surface area contributed by atoms with Gasteiger partial charge in [-0.25, -0.2) is 0 Å². The van der Waals surface area contributed by atoms with Crippen LogP contribution < -0.4 is 10.1 Å². The molecular formula is C11H16N2O4S. The minimum atomic E-state index is -0.957. The number of nitrogens with zero attached hydrogens (tertiary/aromatic N) is 1. The van der Waals surface area contributed by atoms with Crippen molar-refractivity contribution in [1.29, 1.82) is 0 Å². The summed E-state index contributed by atoms with van der Waals surface area (Å²) in [5.74, 6) is 0.629. The highest BCUT2D eigenvalue weighted by Gasteiger charge is 2.21. The molecule has 1 rings (SSSR count). The largest absolute Gasteiger partial charge is 0.490 e. The van der Waals surface area contributed by atoms with Gasteiger partial charge in [0, 0.05) is 28.9 Å². The van der Waals surface area contributed by atoms with Crippen molar-refractivity contribution in [3.63, 3.8) is 0 Å². The zero-order valence-corrected chi connectivity index (χ0v) is 11.3. The normalized spacial score (nSPS) is 13.7. The lowest BCUT2D eigenvalue weighted by atomic mass is 10.2. The second kappa shape index (κ2) is 6.34. The molecule has 2 atom stereocenters. The van der Waals surface area contributed by atoms with Crippen LogP contribution in [0, 0.1) is 10.1 Å². The van der Waals surface area contributed by atoms with Gasteiger partial charge in [-0.15, -0.1) is 0 Å².